The van der Waals surface area contributed by atoms with Gasteiger partial charge in [-0.25, -0.2) is 9.18 Å². The fourth-order valence-electron chi connectivity index (χ4n) is 1.04. The van der Waals surface area contributed by atoms with E-state index in [9.17, 15) is 14.3 Å². The number of methoxy groups -OCH3 is 1. The molecule has 6 heteroatoms. The Labute approximate surface area is 155 Å². The van der Waals surface area contributed by atoms with Crippen LogP contribution in [-0.4, -0.2) is 23.8 Å². The van der Waals surface area contributed by atoms with E-state index in [0.717, 1.165) is 6.07 Å². The summed E-state index contributed by atoms with van der Waals surface area (Å²) in [6.07, 6.45) is 0. The molecular formula is C13H18FKO4. The van der Waals surface area contributed by atoms with Gasteiger partial charge in [0.25, 0.3) is 0 Å². The van der Waals surface area contributed by atoms with E-state index in [-0.39, 0.29) is 56.9 Å². The van der Waals surface area contributed by atoms with Gasteiger partial charge >= 0.3 is 57.4 Å². The number of halogens is 1. The molecule has 1 aromatic carbocycles. The van der Waals surface area contributed by atoms with Crippen LogP contribution in [0.15, 0.2) is 12.1 Å². The van der Waals surface area contributed by atoms with E-state index in [4.69, 9.17) is 9.84 Å². The predicted octanol–water partition coefficient (Wildman–Crippen LogP) is -1.01. The van der Waals surface area contributed by atoms with E-state index >= 15 is 0 Å². The fraction of sp³-hybridized carbons (Fsp3) is 0.462. The van der Waals surface area contributed by atoms with Gasteiger partial charge in [-0.2, -0.15) is 0 Å². The Balaban J connectivity index is 0. The van der Waals surface area contributed by atoms with Crippen molar-refractivity contribution in [2.24, 2.45) is 0 Å². The molecule has 4 nitrogen and oxygen atoms in total. The Kier molecular flexibility index (Phi) is 10.1. The molecule has 102 valence electrons. The van der Waals surface area contributed by atoms with Gasteiger partial charge in [0.05, 0.1) is 12.7 Å². The molecule has 0 aliphatic rings. The number of hydrogen-bond donors (Lipinski definition) is 1. The molecule has 0 bridgehead atoms. The minimum absolute atomic E-state index is 0. The topological polar surface area (TPSA) is 69.6 Å². The molecule has 1 N–H and O–H groups in total. The van der Waals surface area contributed by atoms with Gasteiger partial charge in [0.1, 0.15) is 11.6 Å². The number of rotatable bonds is 2. The largest absolute Gasteiger partial charge is 1.00 e. The summed E-state index contributed by atoms with van der Waals surface area (Å²) in [6, 6.07) is 2.31. The van der Waals surface area contributed by atoms with Gasteiger partial charge in [-0.15, -0.1) is 5.60 Å². The first-order chi connectivity index (χ1) is 8.06. The maximum Gasteiger partial charge on any atom is 1.00 e. The van der Waals surface area contributed by atoms with Crippen molar-refractivity contribution >= 4 is 5.97 Å². The molecule has 0 unspecified atom stereocenters. The first kappa shape index (κ1) is 21.3. The van der Waals surface area contributed by atoms with Crippen LogP contribution in [0.2, 0.25) is 0 Å². The molecule has 0 atom stereocenters. The number of carboxylic acid groups (broad SMARTS) is 1. The third-order valence-corrected chi connectivity index (χ3v) is 1.71. The number of benzene rings is 1. The van der Waals surface area contributed by atoms with Gasteiger partial charge < -0.3 is 14.9 Å². The average Bonchev–Trinajstić information content (AvgIpc) is 2.14. The Hall–Kier alpha value is 0.0164. The maximum absolute atomic E-state index is 13.0. The van der Waals surface area contributed by atoms with E-state index in [0.29, 0.717) is 11.3 Å². The smallest absolute Gasteiger partial charge is 0.850 e. The normalized spacial score (nSPS) is 9.84. The zero-order valence-electron chi connectivity index (χ0n) is 12.2. The van der Waals surface area contributed by atoms with Gasteiger partial charge in [0.15, 0.2) is 0 Å². The Morgan fingerprint density at radius 1 is 1.37 bits per heavy atom. The molecule has 1 aromatic rings. The maximum atomic E-state index is 13.0. The van der Waals surface area contributed by atoms with Crippen LogP contribution in [0.5, 0.6) is 5.75 Å². The van der Waals surface area contributed by atoms with Crippen molar-refractivity contribution in [1.29, 1.82) is 0 Å². The van der Waals surface area contributed by atoms with Gasteiger partial charge in [0.2, 0.25) is 0 Å². The fourth-order valence-corrected chi connectivity index (χ4v) is 1.04. The van der Waals surface area contributed by atoms with E-state index in [1.807, 2.05) is 0 Å². The molecule has 0 heterocycles. The molecule has 0 aliphatic heterocycles. The Bertz CT molecular complexity index is 421. The SMILES string of the molecule is CC(C)(C)[O-].COc1cc(C(=O)O)c(F)cc1C.[K+]. The van der Waals surface area contributed by atoms with Gasteiger partial charge in [-0.1, -0.05) is 20.8 Å². The number of aromatic carboxylic acids is 1. The van der Waals surface area contributed by atoms with Crippen molar-refractivity contribution in [1.82, 2.24) is 0 Å². The monoisotopic (exact) mass is 296 g/mol. The number of ether oxygens (including phenoxy) is 1. The quantitative estimate of drug-likeness (QED) is 0.710. The molecule has 1 rings (SSSR count). The zero-order chi connectivity index (χ0) is 14.5. The summed E-state index contributed by atoms with van der Waals surface area (Å²) in [7, 11) is 1.41. The molecule has 0 radical (unpaired) electrons. The Morgan fingerprint density at radius 3 is 2.11 bits per heavy atom. The van der Waals surface area contributed by atoms with Gasteiger partial charge in [-0.05, 0) is 24.6 Å². The minimum Gasteiger partial charge on any atom is -0.850 e. The van der Waals surface area contributed by atoms with Crippen molar-refractivity contribution in [2.45, 2.75) is 33.3 Å². The molecule has 0 aliphatic carbocycles. The van der Waals surface area contributed by atoms with Crippen LogP contribution in [0.4, 0.5) is 4.39 Å². The van der Waals surface area contributed by atoms with E-state index in [2.05, 4.69) is 0 Å². The summed E-state index contributed by atoms with van der Waals surface area (Å²) in [5, 5.41) is 18.7. The van der Waals surface area contributed by atoms with Crippen LogP contribution in [0.25, 0.3) is 0 Å². The van der Waals surface area contributed by atoms with Crippen LogP contribution >= 0.6 is 0 Å². The zero-order valence-corrected chi connectivity index (χ0v) is 15.3. The second-order valence-corrected chi connectivity index (χ2v) is 4.72. The summed E-state index contributed by atoms with van der Waals surface area (Å²) in [5.74, 6) is -1.67. The average molecular weight is 296 g/mol. The minimum atomic E-state index is -1.30. The van der Waals surface area contributed by atoms with Crippen molar-refractivity contribution < 1.29 is 75.5 Å². The van der Waals surface area contributed by atoms with E-state index < -0.39 is 17.4 Å². The summed E-state index contributed by atoms with van der Waals surface area (Å²) < 4.78 is 17.8. The van der Waals surface area contributed by atoms with Crippen molar-refractivity contribution in [3.63, 3.8) is 0 Å². The predicted molar refractivity (Wildman–Crippen MR) is 64.4 cm³/mol. The summed E-state index contributed by atoms with van der Waals surface area (Å²) in [4.78, 5) is 10.5. The molecule has 0 saturated heterocycles. The molecular weight excluding hydrogens is 278 g/mol. The van der Waals surface area contributed by atoms with Crippen molar-refractivity contribution in [2.75, 3.05) is 7.11 Å². The summed E-state index contributed by atoms with van der Waals surface area (Å²) >= 11 is 0. The van der Waals surface area contributed by atoms with Crippen LogP contribution < -0.4 is 61.2 Å². The molecule has 0 amide bonds. The molecule has 0 saturated carbocycles. The summed E-state index contributed by atoms with van der Waals surface area (Å²) in [6.45, 7) is 6.54. The number of hydrogen-bond acceptors (Lipinski definition) is 3. The number of aryl methyl sites for hydroxylation is 1. The molecule has 0 fully saturated rings. The molecule has 0 aromatic heterocycles. The standard InChI is InChI=1S/C9H9FO3.C4H9O.K/c1-5-3-7(10)6(9(11)12)4-8(5)13-2;1-4(2,3)5;/h3-4H,1-2H3,(H,11,12);1-3H3;/q;-1;+1. The molecule has 19 heavy (non-hydrogen) atoms. The number of carbonyl (C=O) groups is 1. The Morgan fingerprint density at radius 2 is 1.79 bits per heavy atom. The van der Waals surface area contributed by atoms with E-state index in [1.54, 1.807) is 27.7 Å². The number of carboxylic acids is 1. The first-order valence-corrected chi connectivity index (χ1v) is 5.34. The van der Waals surface area contributed by atoms with Crippen LogP contribution in [-0.2, 0) is 0 Å². The first-order valence-electron chi connectivity index (χ1n) is 5.34. The third kappa shape index (κ3) is 9.53. The van der Waals surface area contributed by atoms with Crippen LogP contribution in [0.3, 0.4) is 0 Å². The van der Waals surface area contributed by atoms with E-state index in [1.165, 1.54) is 13.2 Å². The second kappa shape index (κ2) is 9.04. The van der Waals surface area contributed by atoms with Crippen molar-refractivity contribution in [3.05, 3.63) is 29.1 Å². The second-order valence-electron chi connectivity index (χ2n) is 4.72. The third-order valence-electron chi connectivity index (χ3n) is 1.71. The van der Waals surface area contributed by atoms with Gasteiger partial charge in [-0.3, -0.25) is 0 Å². The summed E-state index contributed by atoms with van der Waals surface area (Å²) in [5.41, 5.74) is -0.549. The van der Waals surface area contributed by atoms with Gasteiger partial charge in [0, 0.05) is 0 Å². The van der Waals surface area contributed by atoms with Crippen LogP contribution in [0.1, 0.15) is 36.7 Å². The molecule has 0 spiro atoms. The van der Waals surface area contributed by atoms with Crippen LogP contribution in [0, 0.1) is 12.7 Å². The van der Waals surface area contributed by atoms with Crippen molar-refractivity contribution in [3.8, 4) is 5.75 Å².